The van der Waals surface area contributed by atoms with Crippen LogP contribution in [0.15, 0.2) is 0 Å². The Bertz CT molecular complexity index is 250. The molecular weight excluding hydrogens is 220 g/mol. The summed E-state index contributed by atoms with van der Waals surface area (Å²) < 4.78 is 0. The molecule has 0 saturated carbocycles. The van der Waals surface area contributed by atoms with Gasteiger partial charge in [-0.1, -0.05) is 13.8 Å². The molecule has 0 radical (unpaired) electrons. The van der Waals surface area contributed by atoms with Crippen molar-refractivity contribution in [3.8, 4) is 0 Å². The van der Waals surface area contributed by atoms with Crippen molar-refractivity contribution >= 4 is 11.9 Å². The minimum absolute atomic E-state index is 0.221. The van der Waals surface area contributed by atoms with Crippen LogP contribution in [-0.2, 0) is 9.59 Å². The number of carbonyl (C=O) groups excluding carboxylic acids is 1. The fraction of sp³-hybridized carbons (Fsp3) is 0.833. The van der Waals surface area contributed by atoms with E-state index in [-0.39, 0.29) is 11.9 Å². The third kappa shape index (κ3) is 5.68. The molecule has 0 aliphatic rings. The van der Waals surface area contributed by atoms with E-state index < -0.39 is 12.0 Å². The van der Waals surface area contributed by atoms with Crippen LogP contribution in [0.2, 0.25) is 0 Å². The number of rotatable bonds is 8. The van der Waals surface area contributed by atoms with Crippen LogP contribution in [0.25, 0.3) is 0 Å². The number of aliphatic carboxylic acids is 1. The Kier molecular flexibility index (Phi) is 7.54. The van der Waals surface area contributed by atoms with E-state index in [1.165, 1.54) is 6.92 Å². The summed E-state index contributed by atoms with van der Waals surface area (Å²) in [5.74, 6) is -1.23. The predicted octanol–water partition coefficient (Wildman–Crippen LogP) is 1.09. The van der Waals surface area contributed by atoms with Crippen molar-refractivity contribution in [1.82, 2.24) is 10.2 Å². The van der Waals surface area contributed by atoms with Crippen molar-refractivity contribution in [3.05, 3.63) is 0 Å². The quantitative estimate of drug-likeness (QED) is 0.670. The summed E-state index contributed by atoms with van der Waals surface area (Å²) in [5.41, 5.74) is 0. The van der Waals surface area contributed by atoms with Gasteiger partial charge in [0.05, 0.1) is 6.04 Å². The van der Waals surface area contributed by atoms with Crippen molar-refractivity contribution in [2.75, 3.05) is 13.1 Å². The predicted molar refractivity (Wildman–Crippen MR) is 66.9 cm³/mol. The first-order chi connectivity index (χ1) is 7.93. The summed E-state index contributed by atoms with van der Waals surface area (Å²) in [6, 6.07) is -1.12. The molecule has 2 atom stereocenters. The Hall–Kier alpha value is -1.10. The van der Waals surface area contributed by atoms with Crippen molar-refractivity contribution in [1.29, 1.82) is 0 Å². The number of carboxylic acids is 1. The van der Waals surface area contributed by atoms with Crippen LogP contribution in [0.5, 0.6) is 0 Å². The van der Waals surface area contributed by atoms with Gasteiger partial charge in [-0.15, -0.1) is 0 Å². The molecule has 0 spiro atoms. The highest BCUT2D eigenvalue weighted by atomic mass is 16.4. The van der Waals surface area contributed by atoms with Crippen molar-refractivity contribution in [2.24, 2.45) is 0 Å². The molecule has 0 heterocycles. The zero-order valence-corrected chi connectivity index (χ0v) is 11.2. The van der Waals surface area contributed by atoms with Crippen LogP contribution >= 0.6 is 0 Å². The van der Waals surface area contributed by atoms with Crippen molar-refractivity contribution in [3.63, 3.8) is 0 Å². The molecular formula is C12H24N2O3. The van der Waals surface area contributed by atoms with Crippen molar-refractivity contribution < 1.29 is 14.7 Å². The second-order valence-electron chi connectivity index (χ2n) is 4.28. The Morgan fingerprint density at radius 3 is 2.00 bits per heavy atom. The van der Waals surface area contributed by atoms with Gasteiger partial charge < -0.3 is 10.4 Å². The molecule has 2 unspecified atom stereocenters. The van der Waals surface area contributed by atoms with Gasteiger partial charge in [-0.05, 0) is 39.8 Å². The SMILES string of the molecule is CCCN(CCC)C(C)C(=O)NC(C)C(=O)O. The van der Waals surface area contributed by atoms with Gasteiger partial charge in [0.25, 0.3) is 0 Å². The maximum absolute atomic E-state index is 11.8. The molecule has 0 saturated heterocycles. The first kappa shape index (κ1) is 15.9. The molecule has 0 fully saturated rings. The molecule has 17 heavy (non-hydrogen) atoms. The van der Waals surface area contributed by atoms with Crippen LogP contribution in [0, 0.1) is 0 Å². The zero-order chi connectivity index (χ0) is 13.4. The molecule has 0 aliphatic heterocycles. The highest BCUT2D eigenvalue weighted by Gasteiger charge is 2.23. The molecule has 0 rings (SSSR count). The number of nitrogens with one attached hydrogen (secondary N) is 1. The maximum Gasteiger partial charge on any atom is 0.325 e. The highest BCUT2D eigenvalue weighted by Crippen LogP contribution is 2.03. The van der Waals surface area contributed by atoms with E-state index in [9.17, 15) is 9.59 Å². The number of carbonyl (C=O) groups is 2. The first-order valence-electron chi connectivity index (χ1n) is 6.21. The third-order valence-corrected chi connectivity index (χ3v) is 2.68. The third-order valence-electron chi connectivity index (χ3n) is 2.68. The monoisotopic (exact) mass is 244 g/mol. The molecule has 0 bridgehead atoms. The lowest BCUT2D eigenvalue weighted by Crippen LogP contribution is -2.49. The molecule has 0 aromatic carbocycles. The fourth-order valence-corrected chi connectivity index (χ4v) is 1.64. The zero-order valence-electron chi connectivity index (χ0n) is 11.2. The van der Waals surface area contributed by atoms with Crippen molar-refractivity contribution in [2.45, 2.75) is 52.6 Å². The molecule has 2 N–H and O–H groups in total. The Morgan fingerprint density at radius 2 is 1.65 bits per heavy atom. The van der Waals surface area contributed by atoms with E-state index in [2.05, 4.69) is 24.1 Å². The molecule has 0 aromatic rings. The van der Waals surface area contributed by atoms with Gasteiger partial charge in [0.2, 0.25) is 5.91 Å². The summed E-state index contributed by atoms with van der Waals surface area (Å²) in [4.78, 5) is 24.6. The molecule has 5 nitrogen and oxygen atoms in total. The number of amides is 1. The summed E-state index contributed by atoms with van der Waals surface area (Å²) in [5, 5.41) is 11.2. The molecule has 0 aliphatic carbocycles. The highest BCUT2D eigenvalue weighted by molar-refractivity contribution is 5.86. The van der Waals surface area contributed by atoms with Crippen LogP contribution in [0.3, 0.4) is 0 Å². The Labute approximate surface area is 103 Å². The largest absolute Gasteiger partial charge is 0.480 e. The second kappa shape index (κ2) is 8.06. The summed E-state index contributed by atoms with van der Waals surface area (Å²) >= 11 is 0. The van der Waals surface area contributed by atoms with Gasteiger partial charge in [-0.3, -0.25) is 14.5 Å². The number of carboxylic acid groups (broad SMARTS) is 1. The number of nitrogens with zero attached hydrogens (tertiary/aromatic N) is 1. The maximum atomic E-state index is 11.8. The lowest BCUT2D eigenvalue weighted by Gasteiger charge is -2.28. The molecule has 0 aromatic heterocycles. The smallest absolute Gasteiger partial charge is 0.325 e. The number of hydrogen-bond acceptors (Lipinski definition) is 3. The first-order valence-corrected chi connectivity index (χ1v) is 6.21. The van der Waals surface area contributed by atoms with Gasteiger partial charge >= 0.3 is 5.97 Å². The van der Waals surface area contributed by atoms with Gasteiger partial charge in [0.1, 0.15) is 6.04 Å². The lowest BCUT2D eigenvalue weighted by atomic mass is 10.2. The van der Waals surface area contributed by atoms with Gasteiger partial charge in [0.15, 0.2) is 0 Å². The standard InChI is InChI=1S/C12H24N2O3/c1-5-7-14(8-6-2)10(4)11(15)13-9(3)12(16)17/h9-10H,5-8H2,1-4H3,(H,13,15)(H,16,17). The lowest BCUT2D eigenvalue weighted by molar-refractivity contribution is -0.142. The second-order valence-corrected chi connectivity index (χ2v) is 4.28. The Balaban J connectivity index is 4.38. The molecule has 5 heteroatoms. The van der Waals surface area contributed by atoms with E-state index in [0.717, 1.165) is 25.9 Å². The van der Waals surface area contributed by atoms with Gasteiger partial charge in [-0.2, -0.15) is 0 Å². The van der Waals surface area contributed by atoms with Crippen LogP contribution in [0.4, 0.5) is 0 Å². The minimum atomic E-state index is -1.01. The topological polar surface area (TPSA) is 69.6 Å². The summed E-state index contributed by atoms with van der Waals surface area (Å²) in [6.07, 6.45) is 1.96. The molecule has 100 valence electrons. The average molecular weight is 244 g/mol. The summed E-state index contributed by atoms with van der Waals surface area (Å²) in [7, 11) is 0. The van der Waals surface area contributed by atoms with E-state index in [1.54, 1.807) is 0 Å². The van der Waals surface area contributed by atoms with E-state index >= 15 is 0 Å². The molecule has 1 amide bonds. The minimum Gasteiger partial charge on any atom is -0.480 e. The fourth-order valence-electron chi connectivity index (χ4n) is 1.64. The Morgan fingerprint density at radius 1 is 1.18 bits per heavy atom. The number of hydrogen-bond donors (Lipinski definition) is 2. The van der Waals surface area contributed by atoms with E-state index in [1.807, 2.05) is 6.92 Å². The van der Waals surface area contributed by atoms with Gasteiger partial charge in [-0.25, -0.2) is 0 Å². The average Bonchev–Trinajstić information content (AvgIpc) is 2.27. The van der Waals surface area contributed by atoms with Crippen LogP contribution in [0.1, 0.15) is 40.5 Å². The van der Waals surface area contributed by atoms with E-state index in [4.69, 9.17) is 5.11 Å². The summed E-state index contributed by atoms with van der Waals surface area (Å²) in [6.45, 7) is 9.11. The van der Waals surface area contributed by atoms with Gasteiger partial charge in [0, 0.05) is 0 Å². The van der Waals surface area contributed by atoms with E-state index in [0.29, 0.717) is 0 Å². The van der Waals surface area contributed by atoms with Crippen LogP contribution in [-0.4, -0.2) is 47.1 Å². The van der Waals surface area contributed by atoms with Crippen LogP contribution < -0.4 is 5.32 Å². The normalized spacial score (nSPS) is 14.4.